The quantitative estimate of drug-likeness (QED) is 0.787. The second kappa shape index (κ2) is 7.88. The van der Waals surface area contributed by atoms with E-state index >= 15 is 0 Å². The number of benzene rings is 1. The number of carbonyl (C=O) groups excluding carboxylic acids is 1. The maximum absolute atomic E-state index is 11.8. The van der Waals surface area contributed by atoms with Gasteiger partial charge in [0.25, 0.3) is 0 Å². The SMILES string of the molecule is CCCN(CC(=O)N(C)C)Cc1ccc(Br)cc1Cl. The fourth-order valence-corrected chi connectivity index (χ4v) is 2.49. The maximum Gasteiger partial charge on any atom is 0.236 e. The van der Waals surface area contributed by atoms with Gasteiger partial charge in [-0.3, -0.25) is 9.69 Å². The molecule has 1 aromatic carbocycles. The molecule has 106 valence electrons. The lowest BCUT2D eigenvalue weighted by molar-refractivity contribution is -0.130. The van der Waals surface area contributed by atoms with Crippen molar-refractivity contribution in [2.75, 3.05) is 27.2 Å². The molecule has 5 heteroatoms. The van der Waals surface area contributed by atoms with Crippen molar-refractivity contribution in [3.05, 3.63) is 33.3 Å². The van der Waals surface area contributed by atoms with E-state index < -0.39 is 0 Å². The zero-order valence-corrected chi connectivity index (χ0v) is 14.0. The summed E-state index contributed by atoms with van der Waals surface area (Å²) in [6.07, 6.45) is 1.01. The minimum atomic E-state index is 0.113. The van der Waals surface area contributed by atoms with Crippen LogP contribution in [0.3, 0.4) is 0 Å². The minimum Gasteiger partial charge on any atom is -0.348 e. The van der Waals surface area contributed by atoms with Crippen molar-refractivity contribution < 1.29 is 4.79 Å². The lowest BCUT2D eigenvalue weighted by Gasteiger charge is -2.23. The van der Waals surface area contributed by atoms with E-state index in [1.807, 2.05) is 18.2 Å². The highest BCUT2D eigenvalue weighted by atomic mass is 79.9. The Morgan fingerprint density at radius 2 is 2.05 bits per heavy atom. The van der Waals surface area contributed by atoms with E-state index in [1.165, 1.54) is 0 Å². The summed E-state index contributed by atoms with van der Waals surface area (Å²) < 4.78 is 0.965. The van der Waals surface area contributed by atoms with E-state index in [4.69, 9.17) is 11.6 Å². The molecule has 0 bridgehead atoms. The van der Waals surface area contributed by atoms with Crippen molar-refractivity contribution in [3.63, 3.8) is 0 Å². The summed E-state index contributed by atoms with van der Waals surface area (Å²) >= 11 is 9.61. The Kier molecular flexibility index (Phi) is 6.83. The molecule has 3 nitrogen and oxygen atoms in total. The van der Waals surface area contributed by atoms with Crippen LogP contribution < -0.4 is 0 Å². The number of halogens is 2. The largest absolute Gasteiger partial charge is 0.348 e. The van der Waals surface area contributed by atoms with Gasteiger partial charge in [-0.25, -0.2) is 0 Å². The van der Waals surface area contributed by atoms with Gasteiger partial charge in [-0.05, 0) is 30.7 Å². The molecule has 0 atom stereocenters. The molecule has 0 aliphatic rings. The number of hydrogen-bond donors (Lipinski definition) is 0. The number of carbonyl (C=O) groups is 1. The van der Waals surface area contributed by atoms with Crippen molar-refractivity contribution in [2.45, 2.75) is 19.9 Å². The Balaban J connectivity index is 2.74. The van der Waals surface area contributed by atoms with E-state index in [-0.39, 0.29) is 5.91 Å². The molecule has 0 fully saturated rings. The summed E-state index contributed by atoms with van der Waals surface area (Å²) in [5, 5.41) is 0.729. The van der Waals surface area contributed by atoms with Gasteiger partial charge in [0.2, 0.25) is 5.91 Å². The molecular weight excluding hydrogens is 328 g/mol. The fraction of sp³-hybridized carbons (Fsp3) is 0.500. The molecule has 0 aromatic heterocycles. The molecule has 0 spiro atoms. The Hall–Kier alpha value is -0.580. The van der Waals surface area contributed by atoms with E-state index in [0.717, 1.165) is 28.0 Å². The molecule has 0 aliphatic carbocycles. The van der Waals surface area contributed by atoms with Gasteiger partial charge in [0, 0.05) is 30.1 Å². The normalized spacial score (nSPS) is 10.8. The predicted molar refractivity (Wildman–Crippen MR) is 83.4 cm³/mol. The van der Waals surface area contributed by atoms with Crippen LogP contribution in [0.4, 0.5) is 0 Å². The molecule has 1 amide bonds. The first kappa shape index (κ1) is 16.5. The number of amides is 1. The smallest absolute Gasteiger partial charge is 0.236 e. The molecule has 0 aliphatic heterocycles. The van der Waals surface area contributed by atoms with Crippen LogP contribution in [0.1, 0.15) is 18.9 Å². The van der Waals surface area contributed by atoms with Crippen molar-refractivity contribution >= 4 is 33.4 Å². The number of hydrogen-bond acceptors (Lipinski definition) is 2. The van der Waals surface area contributed by atoms with Crippen LogP contribution >= 0.6 is 27.5 Å². The third-order valence-corrected chi connectivity index (χ3v) is 3.65. The lowest BCUT2D eigenvalue weighted by atomic mass is 10.2. The van der Waals surface area contributed by atoms with Crippen LogP contribution in [-0.2, 0) is 11.3 Å². The Morgan fingerprint density at radius 3 is 2.58 bits per heavy atom. The van der Waals surface area contributed by atoms with Gasteiger partial charge in [0.15, 0.2) is 0 Å². The first-order valence-corrected chi connectivity index (χ1v) is 7.47. The molecule has 19 heavy (non-hydrogen) atoms. The summed E-state index contributed by atoms with van der Waals surface area (Å²) in [5.74, 6) is 0.113. The summed E-state index contributed by atoms with van der Waals surface area (Å²) in [7, 11) is 3.55. The van der Waals surface area contributed by atoms with E-state index in [1.54, 1.807) is 19.0 Å². The first-order valence-electron chi connectivity index (χ1n) is 6.30. The molecule has 1 rings (SSSR count). The Labute approximate surface area is 128 Å². The lowest BCUT2D eigenvalue weighted by Crippen LogP contribution is -2.36. The highest BCUT2D eigenvalue weighted by Crippen LogP contribution is 2.22. The van der Waals surface area contributed by atoms with Gasteiger partial charge >= 0.3 is 0 Å². The number of nitrogens with zero attached hydrogens (tertiary/aromatic N) is 2. The third-order valence-electron chi connectivity index (χ3n) is 2.81. The van der Waals surface area contributed by atoms with Crippen LogP contribution in [0.15, 0.2) is 22.7 Å². The van der Waals surface area contributed by atoms with Crippen LogP contribution in [0, 0.1) is 0 Å². The maximum atomic E-state index is 11.8. The minimum absolute atomic E-state index is 0.113. The van der Waals surface area contributed by atoms with Crippen LogP contribution in [0.25, 0.3) is 0 Å². The summed E-state index contributed by atoms with van der Waals surface area (Å²) in [6, 6.07) is 5.85. The van der Waals surface area contributed by atoms with Crippen LogP contribution in [-0.4, -0.2) is 42.9 Å². The molecule has 0 N–H and O–H groups in total. The molecule has 0 heterocycles. The third kappa shape index (κ3) is 5.51. The van der Waals surface area contributed by atoms with Gasteiger partial charge < -0.3 is 4.90 Å². The molecular formula is C14H20BrClN2O. The van der Waals surface area contributed by atoms with Gasteiger partial charge in [-0.2, -0.15) is 0 Å². The zero-order chi connectivity index (χ0) is 14.4. The summed E-state index contributed by atoms with van der Waals surface area (Å²) in [5.41, 5.74) is 1.05. The Bertz CT molecular complexity index is 437. The molecule has 1 aromatic rings. The first-order chi connectivity index (χ1) is 8.93. The molecule has 0 radical (unpaired) electrons. The van der Waals surface area contributed by atoms with Gasteiger partial charge in [0.1, 0.15) is 0 Å². The number of rotatable bonds is 6. The molecule has 0 saturated carbocycles. The highest BCUT2D eigenvalue weighted by Gasteiger charge is 2.13. The van der Waals surface area contributed by atoms with E-state index in [2.05, 4.69) is 27.8 Å². The topological polar surface area (TPSA) is 23.6 Å². The average Bonchev–Trinajstić information content (AvgIpc) is 2.32. The van der Waals surface area contributed by atoms with E-state index in [0.29, 0.717) is 13.1 Å². The van der Waals surface area contributed by atoms with Gasteiger partial charge in [-0.1, -0.05) is 40.5 Å². The number of likely N-dealkylation sites (N-methyl/N-ethyl adjacent to an activating group) is 1. The molecule has 0 saturated heterocycles. The van der Waals surface area contributed by atoms with Crippen molar-refractivity contribution in [3.8, 4) is 0 Å². The van der Waals surface area contributed by atoms with Crippen molar-refractivity contribution in [2.24, 2.45) is 0 Å². The van der Waals surface area contributed by atoms with Crippen LogP contribution in [0.5, 0.6) is 0 Å². The van der Waals surface area contributed by atoms with Gasteiger partial charge in [-0.15, -0.1) is 0 Å². The standard InChI is InChI=1S/C14H20BrClN2O/c1-4-7-18(10-14(19)17(2)3)9-11-5-6-12(15)8-13(11)16/h5-6,8H,4,7,9-10H2,1-3H3. The Morgan fingerprint density at radius 1 is 1.37 bits per heavy atom. The monoisotopic (exact) mass is 346 g/mol. The molecule has 0 unspecified atom stereocenters. The average molecular weight is 348 g/mol. The highest BCUT2D eigenvalue weighted by molar-refractivity contribution is 9.10. The van der Waals surface area contributed by atoms with Crippen molar-refractivity contribution in [1.82, 2.24) is 9.80 Å². The second-order valence-electron chi connectivity index (χ2n) is 4.73. The second-order valence-corrected chi connectivity index (χ2v) is 6.06. The van der Waals surface area contributed by atoms with Crippen molar-refractivity contribution in [1.29, 1.82) is 0 Å². The summed E-state index contributed by atoms with van der Waals surface area (Å²) in [6.45, 7) is 4.11. The zero-order valence-electron chi connectivity index (χ0n) is 11.6. The van der Waals surface area contributed by atoms with E-state index in [9.17, 15) is 4.79 Å². The fourth-order valence-electron chi connectivity index (χ4n) is 1.75. The van der Waals surface area contributed by atoms with Crippen LogP contribution in [0.2, 0.25) is 5.02 Å². The summed E-state index contributed by atoms with van der Waals surface area (Å²) in [4.78, 5) is 15.5. The van der Waals surface area contributed by atoms with Gasteiger partial charge in [0.05, 0.1) is 6.54 Å². The predicted octanol–water partition coefficient (Wildman–Crippen LogP) is 3.40.